The van der Waals surface area contributed by atoms with Crippen LogP contribution in [-0.4, -0.2) is 80.6 Å². The molecule has 0 aliphatic rings. The fourth-order valence-corrected chi connectivity index (χ4v) is 4.75. The molecular formula is C34H64NO7+. The first-order valence-electron chi connectivity index (χ1n) is 16.7. The van der Waals surface area contributed by atoms with Crippen molar-refractivity contribution < 1.29 is 38.2 Å². The number of carboxylic acids is 1. The molecule has 42 heavy (non-hydrogen) atoms. The molecule has 0 heterocycles. The van der Waals surface area contributed by atoms with Crippen molar-refractivity contribution >= 4 is 17.9 Å². The summed E-state index contributed by atoms with van der Waals surface area (Å²) in [4.78, 5) is 36.4. The monoisotopic (exact) mass is 598 g/mol. The predicted molar refractivity (Wildman–Crippen MR) is 169 cm³/mol. The Morgan fingerprint density at radius 2 is 1.24 bits per heavy atom. The number of esters is 2. The van der Waals surface area contributed by atoms with Gasteiger partial charge in [0.15, 0.2) is 12.1 Å². The number of aliphatic carboxylic acids is 1. The maximum atomic E-state index is 12.5. The number of quaternary nitrogens is 1. The second kappa shape index (κ2) is 26.7. The van der Waals surface area contributed by atoms with Gasteiger partial charge in [0.05, 0.1) is 34.4 Å². The number of allylic oxidation sites excluding steroid dienone is 2. The molecule has 0 aromatic carbocycles. The number of nitrogens with zero attached hydrogens (tertiary/aromatic N) is 1. The van der Waals surface area contributed by atoms with Gasteiger partial charge in [-0.1, -0.05) is 103 Å². The average Bonchev–Trinajstić information content (AvgIpc) is 2.92. The number of hydrogen-bond donors (Lipinski definition) is 1. The van der Waals surface area contributed by atoms with Crippen LogP contribution in [0.5, 0.6) is 0 Å². The van der Waals surface area contributed by atoms with Crippen molar-refractivity contribution in [1.82, 2.24) is 0 Å². The molecule has 0 aromatic heterocycles. The van der Waals surface area contributed by atoms with Gasteiger partial charge < -0.3 is 23.8 Å². The summed E-state index contributed by atoms with van der Waals surface area (Å²) in [6, 6.07) is -0.612. The predicted octanol–water partition coefficient (Wildman–Crippen LogP) is 7.63. The largest absolute Gasteiger partial charge is 0.477 e. The Morgan fingerprint density at radius 1 is 0.690 bits per heavy atom. The Labute approximate surface area is 257 Å². The molecule has 0 spiro atoms. The lowest BCUT2D eigenvalue weighted by Crippen LogP contribution is -2.50. The van der Waals surface area contributed by atoms with Crippen molar-refractivity contribution in [3.8, 4) is 0 Å². The van der Waals surface area contributed by atoms with E-state index in [-0.39, 0.29) is 42.7 Å². The lowest BCUT2D eigenvalue weighted by molar-refractivity contribution is -0.887. The minimum atomic E-state index is -0.881. The van der Waals surface area contributed by atoms with Gasteiger partial charge in [-0.3, -0.25) is 9.59 Å². The van der Waals surface area contributed by atoms with Crippen LogP contribution in [0.1, 0.15) is 136 Å². The third-order valence-corrected chi connectivity index (χ3v) is 7.43. The molecule has 2 unspecified atom stereocenters. The lowest BCUT2D eigenvalue weighted by Gasteiger charge is -2.31. The molecule has 0 radical (unpaired) electrons. The summed E-state index contributed by atoms with van der Waals surface area (Å²) < 4.78 is 17.0. The van der Waals surface area contributed by atoms with Gasteiger partial charge in [-0.25, -0.2) is 4.79 Å². The highest BCUT2D eigenvalue weighted by atomic mass is 16.6. The number of likely N-dealkylation sites (N-methyl/N-ethyl adjacent to an activating group) is 1. The maximum Gasteiger partial charge on any atom is 0.362 e. The van der Waals surface area contributed by atoms with Gasteiger partial charge in [0.25, 0.3) is 0 Å². The Bertz CT molecular complexity index is 717. The van der Waals surface area contributed by atoms with E-state index in [2.05, 4.69) is 19.9 Å². The van der Waals surface area contributed by atoms with Crippen molar-refractivity contribution in [3.05, 3.63) is 12.2 Å². The first kappa shape index (κ1) is 40.1. The molecule has 0 aliphatic carbocycles. The van der Waals surface area contributed by atoms with Gasteiger partial charge in [-0.05, 0) is 25.7 Å². The fourth-order valence-electron chi connectivity index (χ4n) is 4.75. The van der Waals surface area contributed by atoms with Gasteiger partial charge in [-0.2, -0.15) is 0 Å². The Hall–Kier alpha value is -1.93. The first-order valence-corrected chi connectivity index (χ1v) is 16.7. The van der Waals surface area contributed by atoms with Gasteiger partial charge in [0.2, 0.25) is 0 Å². The number of rotatable bonds is 29. The van der Waals surface area contributed by atoms with E-state index in [0.717, 1.165) is 32.1 Å². The minimum absolute atomic E-state index is 0.0496. The molecule has 0 bridgehead atoms. The zero-order valence-electron chi connectivity index (χ0n) is 27.7. The summed E-state index contributed by atoms with van der Waals surface area (Å²) in [5, 5.41) is 9.52. The van der Waals surface area contributed by atoms with Crippen LogP contribution >= 0.6 is 0 Å². The van der Waals surface area contributed by atoms with Gasteiger partial charge in [0, 0.05) is 19.3 Å². The van der Waals surface area contributed by atoms with Gasteiger partial charge in [-0.15, -0.1) is 0 Å². The van der Waals surface area contributed by atoms with E-state index in [1.165, 1.54) is 64.2 Å². The van der Waals surface area contributed by atoms with E-state index in [1.54, 1.807) is 0 Å². The second-order valence-electron chi connectivity index (χ2n) is 12.4. The highest BCUT2D eigenvalue weighted by Gasteiger charge is 2.31. The number of unbranched alkanes of at least 4 members (excludes halogenated alkanes) is 13. The molecule has 246 valence electrons. The fraction of sp³-hybridized carbons (Fsp3) is 0.853. The van der Waals surface area contributed by atoms with E-state index in [0.29, 0.717) is 19.3 Å². The Balaban J connectivity index is 4.52. The van der Waals surface area contributed by atoms with Crippen LogP contribution in [0, 0.1) is 0 Å². The third kappa shape index (κ3) is 24.6. The number of carbonyl (C=O) groups is 3. The van der Waals surface area contributed by atoms with Crippen LogP contribution in [0.4, 0.5) is 0 Å². The second-order valence-corrected chi connectivity index (χ2v) is 12.4. The van der Waals surface area contributed by atoms with E-state index in [9.17, 15) is 19.5 Å². The molecular weight excluding hydrogens is 534 g/mol. The average molecular weight is 599 g/mol. The zero-order valence-corrected chi connectivity index (χ0v) is 27.7. The summed E-state index contributed by atoms with van der Waals surface area (Å²) in [6.07, 6.45) is 22.8. The maximum absolute atomic E-state index is 12.5. The van der Waals surface area contributed by atoms with Crippen LogP contribution in [0.3, 0.4) is 0 Å². The van der Waals surface area contributed by atoms with Crippen LogP contribution < -0.4 is 0 Å². The molecule has 0 aliphatic heterocycles. The number of carboxylic acid groups (broad SMARTS) is 1. The molecule has 1 N–H and O–H groups in total. The topological polar surface area (TPSA) is 99.1 Å². The molecule has 0 saturated heterocycles. The standard InChI is InChI=1S/C34H63NO7/c1-6-8-10-12-14-16-17-19-20-22-24-32(36)41-29-30(28-40-27-26-31(34(38)39)35(3,4)5)42-33(37)25-23-21-18-15-13-11-9-7-2/h18,21,30-31H,6-17,19-20,22-29H2,1-5H3/p+1/b21-18+. The summed E-state index contributed by atoms with van der Waals surface area (Å²) in [6.45, 7) is 4.61. The van der Waals surface area contributed by atoms with E-state index in [4.69, 9.17) is 14.2 Å². The summed E-state index contributed by atoms with van der Waals surface area (Å²) in [7, 11) is 5.49. The first-order chi connectivity index (χ1) is 20.1. The van der Waals surface area contributed by atoms with E-state index >= 15 is 0 Å². The van der Waals surface area contributed by atoms with E-state index < -0.39 is 18.1 Å². The molecule has 8 heteroatoms. The van der Waals surface area contributed by atoms with Crippen molar-refractivity contribution in [3.63, 3.8) is 0 Å². The number of carbonyl (C=O) groups excluding carboxylic acids is 2. The van der Waals surface area contributed by atoms with Crippen molar-refractivity contribution in [2.45, 2.75) is 148 Å². The molecule has 0 fully saturated rings. The van der Waals surface area contributed by atoms with Crippen LogP contribution in [0.15, 0.2) is 12.2 Å². The zero-order chi connectivity index (χ0) is 31.5. The lowest BCUT2D eigenvalue weighted by atomic mass is 10.1. The van der Waals surface area contributed by atoms with Crippen molar-refractivity contribution in [2.24, 2.45) is 0 Å². The van der Waals surface area contributed by atoms with Crippen LogP contribution in [0.2, 0.25) is 0 Å². The smallest absolute Gasteiger partial charge is 0.362 e. The summed E-state index contributed by atoms with van der Waals surface area (Å²) in [5.41, 5.74) is 0. The Kier molecular flexibility index (Phi) is 25.5. The molecule has 8 nitrogen and oxygen atoms in total. The molecule has 0 saturated carbocycles. The van der Waals surface area contributed by atoms with Crippen molar-refractivity contribution in [1.29, 1.82) is 0 Å². The molecule has 2 atom stereocenters. The molecule has 0 aromatic rings. The third-order valence-electron chi connectivity index (χ3n) is 7.43. The highest BCUT2D eigenvalue weighted by Crippen LogP contribution is 2.13. The number of hydrogen-bond acceptors (Lipinski definition) is 6. The van der Waals surface area contributed by atoms with E-state index in [1.807, 2.05) is 27.2 Å². The highest BCUT2D eigenvalue weighted by molar-refractivity contribution is 5.72. The van der Waals surface area contributed by atoms with Crippen molar-refractivity contribution in [2.75, 3.05) is 41.0 Å². The van der Waals surface area contributed by atoms with Gasteiger partial charge >= 0.3 is 17.9 Å². The summed E-state index contributed by atoms with van der Waals surface area (Å²) in [5.74, 6) is -1.54. The molecule has 0 amide bonds. The quantitative estimate of drug-likeness (QED) is 0.0409. The van der Waals surface area contributed by atoms with Crippen LogP contribution in [-0.2, 0) is 28.6 Å². The Morgan fingerprint density at radius 3 is 1.81 bits per heavy atom. The molecule has 0 rings (SSSR count). The normalized spacial score (nSPS) is 13.3. The SMILES string of the molecule is CCCCCC/C=C/CCC(=O)OC(COCCC(C(=O)O)[N+](C)(C)C)COC(=O)CCCCCCCCCCCC. The summed E-state index contributed by atoms with van der Waals surface area (Å²) >= 11 is 0. The minimum Gasteiger partial charge on any atom is -0.477 e. The van der Waals surface area contributed by atoms with Crippen LogP contribution in [0.25, 0.3) is 0 Å². The van der Waals surface area contributed by atoms with Gasteiger partial charge in [0.1, 0.15) is 6.61 Å². The number of ether oxygens (including phenoxy) is 3.